The van der Waals surface area contributed by atoms with Gasteiger partial charge in [-0.3, -0.25) is 14.6 Å². The highest BCUT2D eigenvalue weighted by molar-refractivity contribution is 7.89. The molecule has 0 bridgehead atoms. The van der Waals surface area contributed by atoms with Gasteiger partial charge in [-0.2, -0.15) is 4.31 Å². The molecule has 0 spiro atoms. The van der Waals surface area contributed by atoms with Crippen LogP contribution in [-0.2, 0) is 14.8 Å². The van der Waals surface area contributed by atoms with E-state index in [9.17, 15) is 22.8 Å². The molecule has 0 radical (unpaired) electrons. The van der Waals surface area contributed by atoms with Gasteiger partial charge in [0.25, 0.3) is 5.56 Å². The summed E-state index contributed by atoms with van der Waals surface area (Å²) in [6, 6.07) is 10.1. The van der Waals surface area contributed by atoms with Gasteiger partial charge >= 0.3 is 5.69 Å². The molecule has 3 heterocycles. The molecule has 2 aliphatic heterocycles. The number of hydrogen-bond acceptors (Lipinski definition) is 6. The number of hydrogen-bond donors (Lipinski definition) is 2. The highest BCUT2D eigenvalue weighted by Gasteiger charge is 2.36. The molecule has 1 amide bonds. The van der Waals surface area contributed by atoms with Crippen LogP contribution in [0.15, 0.2) is 44.8 Å². The summed E-state index contributed by atoms with van der Waals surface area (Å²) in [7, 11) is -4.06. The van der Waals surface area contributed by atoms with Gasteiger partial charge in [-0.15, -0.1) is 0 Å². The Kier molecular flexibility index (Phi) is 6.20. The fourth-order valence-electron chi connectivity index (χ4n) is 4.45. The first-order valence-electron chi connectivity index (χ1n) is 10.7. The number of aryl methyl sites for hydroxylation is 1. The fourth-order valence-corrected chi connectivity index (χ4v) is 6.13. The molecule has 2 aliphatic rings. The van der Waals surface area contributed by atoms with Crippen LogP contribution in [0, 0.1) is 12.8 Å². The maximum absolute atomic E-state index is 13.0. The van der Waals surface area contributed by atoms with E-state index in [1.54, 1.807) is 0 Å². The highest BCUT2D eigenvalue weighted by Crippen LogP contribution is 2.25. The van der Waals surface area contributed by atoms with Crippen LogP contribution in [0.2, 0.25) is 0 Å². The van der Waals surface area contributed by atoms with Crippen molar-refractivity contribution in [2.24, 2.45) is 5.92 Å². The van der Waals surface area contributed by atoms with E-state index in [0.717, 1.165) is 18.8 Å². The Bertz CT molecular complexity index is 1190. The second kappa shape index (κ2) is 8.91. The lowest BCUT2D eigenvalue weighted by molar-refractivity contribution is -0.137. The van der Waals surface area contributed by atoms with Crippen LogP contribution < -0.4 is 16.1 Å². The van der Waals surface area contributed by atoms with E-state index < -0.39 is 26.2 Å². The molecule has 4 rings (SSSR count). The summed E-state index contributed by atoms with van der Waals surface area (Å²) in [6.07, 6.45) is 0.800. The standard InChI is InChI=1S/C21H27N5O5S/c1-15-18(19(27)23-21(29)22-15)32(30,31)26-9-7-16(8-10-26)20(28)25-13-11-24(12-14-25)17-5-3-2-4-6-17/h2-6,16H,7-14H2,1H3,(H2,22,23,27,29). The molecule has 0 atom stereocenters. The number of aromatic nitrogens is 2. The largest absolute Gasteiger partial charge is 0.368 e. The minimum atomic E-state index is -4.06. The van der Waals surface area contributed by atoms with E-state index >= 15 is 0 Å². The van der Waals surface area contributed by atoms with Crippen molar-refractivity contribution in [3.05, 3.63) is 56.9 Å². The third-order valence-electron chi connectivity index (χ3n) is 6.19. The van der Waals surface area contributed by atoms with E-state index in [1.165, 1.54) is 11.2 Å². The predicted molar refractivity (Wildman–Crippen MR) is 119 cm³/mol. The Morgan fingerprint density at radius 1 is 0.938 bits per heavy atom. The van der Waals surface area contributed by atoms with Crippen LogP contribution >= 0.6 is 0 Å². The molecule has 2 aromatic rings. The molecule has 2 N–H and O–H groups in total. The van der Waals surface area contributed by atoms with E-state index in [0.29, 0.717) is 25.9 Å². The Morgan fingerprint density at radius 3 is 2.16 bits per heavy atom. The second-order valence-corrected chi connectivity index (χ2v) is 10.1. The number of piperazine rings is 1. The first-order chi connectivity index (χ1) is 15.3. The van der Waals surface area contributed by atoms with Gasteiger partial charge in [-0.1, -0.05) is 18.2 Å². The number of amides is 1. The summed E-state index contributed by atoms with van der Waals surface area (Å²) in [5.74, 6) is -0.174. The smallest absolute Gasteiger partial charge is 0.325 e. The number of nitrogens with zero attached hydrogens (tertiary/aromatic N) is 3. The topological polar surface area (TPSA) is 127 Å². The zero-order valence-corrected chi connectivity index (χ0v) is 18.7. The molecule has 1 aromatic carbocycles. The van der Waals surface area contributed by atoms with Crippen LogP contribution in [0.4, 0.5) is 5.69 Å². The summed E-state index contributed by atoms with van der Waals surface area (Å²) in [5, 5.41) is 0. The Morgan fingerprint density at radius 2 is 1.56 bits per heavy atom. The molecule has 2 saturated heterocycles. The Labute approximate surface area is 185 Å². The molecule has 32 heavy (non-hydrogen) atoms. The highest BCUT2D eigenvalue weighted by atomic mass is 32.2. The number of piperidine rings is 1. The zero-order valence-electron chi connectivity index (χ0n) is 17.9. The summed E-state index contributed by atoms with van der Waals surface area (Å²) in [6.45, 7) is 4.49. The number of H-pyrrole nitrogens is 2. The van der Waals surface area contributed by atoms with Crippen molar-refractivity contribution in [3.63, 3.8) is 0 Å². The predicted octanol–water partition coefficient (Wildman–Crippen LogP) is 0.121. The minimum absolute atomic E-state index is 0.00763. The normalized spacial score (nSPS) is 18.7. The molecule has 2 fully saturated rings. The molecule has 10 nitrogen and oxygen atoms in total. The van der Waals surface area contributed by atoms with Gasteiger partial charge in [0.1, 0.15) is 0 Å². The number of para-hydroxylation sites is 1. The van der Waals surface area contributed by atoms with E-state index in [-0.39, 0.29) is 30.6 Å². The van der Waals surface area contributed by atoms with E-state index in [1.807, 2.05) is 28.1 Å². The number of anilines is 1. The maximum Gasteiger partial charge on any atom is 0.325 e. The lowest BCUT2D eigenvalue weighted by Gasteiger charge is -2.39. The van der Waals surface area contributed by atoms with Gasteiger partial charge in [-0.05, 0) is 31.9 Å². The van der Waals surface area contributed by atoms with Gasteiger partial charge in [0.05, 0.1) is 0 Å². The summed E-state index contributed by atoms with van der Waals surface area (Å²) in [4.78, 5) is 44.5. The maximum atomic E-state index is 13.0. The molecule has 0 aliphatic carbocycles. The quantitative estimate of drug-likeness (QED) is 0.666. The van der Waals surface area contributed by atoms with Crippen molar-refractivity contribution < 1.29 is 13.2 Å². The van der Waals surface area contributed by atoms with Crippen molar-refractivity contribution in [3.8, 4) is 0 Å². The average molecular weight is 462 g/mol. The van der Waals surface area contributed by atoms with Gasteiger partial charge in [0, 0.05) is 56.6 Å². The molecule has 0 saturated carbocycles. The molecular weight excluding hydrogens is 434 g/mol. The molecule has 172 valence electrons. The number of carbonyl (C=O) groups is 1. The number of aromatic amines is 2. The summed E-state index contributed by atoms with van der Waals surface area (Å²) in [5.41, 5.74) is -0.525. The van der Waals surface area contributed by atoms with Crippen LogP contribution in [0.3, 0.4) is 0 Å². The Balaban J connectivity index is 1.36. The van der Waals surface area contributed by atoms with Crippen LogP contribution in [0.25, 0.3) is 0 Å². The third-order valence-corrected chi connectivity index (χ3v) is 8.24. The number of carbonyl (C=O) groups excluding carboxylic acids is 1. The first kappa shape index (κ1) is 22.3. The summed E-state index contributed by atoms with van der Waals surface area (Å²) >= 11 is 0. The van der Waals surface area contributed by atoms with Gasteiger partial charge in [0.15, 0.2) is 4.90 Å². The van der Waals surface area contributed by atoms with Crippen molar-refractivity contribution in [1.82, 2.24) is 19.2 Å². The molecule has 1 aromatic heterocycles. The van der Waals surface area contributed by atoms with Gasteiger partial charge < -0.3 is 14.8 Å². The number of rotatable bonds is 4. The van der Waals surface area contributed by atoms with E-state index in [2.05, 4.69) is 22.0 Å². The van der Waals surface area contributed by atoms with Crippen LogP contribution in [-0.4, -0.2) is 72.8 Å². The average Bonchev–Trinajstić information content (AvgIpc) is 2.78. The summed E-state index contributed by atoms with van der Waals surface area (Å²) < 4.78 is 27.2. The van der Waals surface area contributed by atoms with Gasteiger partial charge in [0.2, 0.25) is 15.9 Å². The molecular formula is C21H27N5O5S. The van der Waals surface area contributed by atoms with Crippen molar-refractivity contribution in [2.75, 3.05) is 44.2 Å². The Hall–Kier alpha value is -2.92. The third kappa shape index (κ3) is 4.35. The van der Waals surface area contributed by atoms with Crippen molar-refractivity contribution in [2.45, 2.75) is 24.7 Å². The second-order valence-electron chi connectivity index (χ2n) is 8.19. The number of benzene rings is 1. The van der Waals surface area contributed by atoms with Crippen molar-refractivity contribution in [1.29, 1.82) is 0 Å². The monoisotopic (exact) mass is 461 g/mol. The molecule has 11 heteroatoms. The lowest BCUT2D eigenvalue weighted by atomic mass is 9.96. The number of nitrogens with one attached hydrogen (secondary N) is 2. The van der Waals surface area contributed by atoms with Crippen LogP contribution in [0.1, 0.15) is 18.5 Å². The minimum Gasteiger partial charge on any atom is -0.368 e. The molecule has 0 unspecified atom stereocenters. The van der Waals surface area contributed by atoms with Crippen molar-refractivity contribution >= 4 is 21.6 Å². The SMILES string of the molecule is Cc1[nH]c(=O)[nH]c(=O)c1S(=O)(=O)N1CCC(C(=O)N2CCN(c3ccccc3)CC2)CC1. The lowest BCUT2D eigenvalue weighted by Crippen LogP contribution is -2.52. The zero-order chi connectivity index (χ0) is 22.9. The fraction of sp³-hybridized carbons (Fsp3) is 0.476. The van der Waals surface area contributed by atoms with Gasteiger partial charge in [-0.25, -0.2) is 13.2 Å². The van der Waals surface area contributed by atoms with E-state index in [4.69, 9.17) is 0 Å². The first-order valence-corrected chi connectivity index (χ1v) is 12.1. The van der Waals surface area contributed by atoms with Crippen LogP contribution in [0.5, 0.6) is 0 Å². The number of sulfonamides is 1.